The fraction of sp³-hybridized carbons (Fsp3) is 0. The van der Waals surface area contributed by atoms with E-state index in [0.29, 0.717) is 0 Å². The number of hydrogen-bond donors (Lipinski definition) is 2. The number of nitrogens with zero attached hydrogens (tertiary/aromatic N) is 4. The fourth-order valence-corrected chi connectivity index (χ4v) is 1.54. The molecule has 0 spiro atoms. The maximum Gasteiger partial charge on any atom is 0.199 e. The van der Waals surface area contributed by atoms with Crippen LogP contribution in [0, 0.1) is 0 Å². The lowest BCUT2D eigenvalue weighted by atomic mass is 10.2. The molecule has 18 heavy (non-hydrogen) atoms. The van der Waals surface area contributed by atoms with Crippen molar-refractivity contribution in [2.45, 2.75) is 0 Å². The Labute approximate surface area is 111 Å². The van der Waals surface area contributed by atoms with Gasteiger partial charge in [-0.05, 0) is 16.4 Å². The molecular weight excluding hydrogens is 300 g/mol. The van der Waals surface area contributed by atoms with Crippen LogP contribution in [0.1, 0.15) is 11.3 Å². The number of halogens is 1. The molecule has 7 nitrogen and oxygen atoms in total. The van der Waals surface area contributed by atoms with E-state index < -0.39 is 0 Å². The smallest absolute Gasteiger partial charge is 0.199 e. The highest BCUT2D eigenvalue weighted by atomic mass is 79.9. The van der Waals surface area contributed by atoms with Crippen molar-refractivity contribution in [3.63, 3.8) is 0 Å². The molecular formula is C10H9BrN6O. The summed E-state index contributed by atoms with van der Waals surface area (Å²) in [6, 6.07) is 7.57. The van der Waals surface area contributed by atoms with E-state index in [2.05, 4.69) is 41.1 Å². The molecule has 0 saturated carbocycles. The molecule has 1 aromatic carbocycles. The van der Waals surface area contributed by atoms with Gasteiger partial charge in [0.2, 0.25) is 0 Å². The first kappa shape index (κ1) is 12.2. The third-order valence-corrected chi connectivity index (χ3v) is 2.75. The third-order valence-electron chi connectivity index (χ3n) is 2.02. The highest BCUT2D eigenvalue weighted by Crippen LogP contribution is 2.13. The Balaban J connectivity index is 2.16. The van der Waals surface area contributed by atoms with Crippen LogP contribution in [0.2, 0.25) is 0 Å². The summed E-state index contributed by atoms with van der Waals surface area (Å²) in [7, 11) is 0. The fourth-order valence-electron chi connectivity index (χ4n) is 1.15. The van der Waals surface area contributed by atoms with Crippen LogP contribution >= 0.6 is 15.9 Å². The number of rotatable bonds is 3. The molecule has 0 aliphatic carbocycles. The van der Waals surface area contributed by atoms with E-state index in [4.69, 9.17) is 11.5 Å². The second kappa shape index (κ2) is 5.41. The molecule has 0 amide bonds. The molecule has 1 heterocycles. The van der Waals surface area contributed by atoms with Crippen molar-refractivity contribution in [1.82, 2.24) is 10.3 Å². The first-order chi connectivity index (χ1) is 8.68. The average Bonchev–Trinajstić information content (AvgIpc) is 2.78. The Morgan fingerprint density at radius 3 is 2.78 bits per heavy atom. The summed E-state index contributed by atoms with van der Waals surface area (Å²) < 4.78 is 5.31. The molecule has 0 radical (unpaired) electrons. The van der Waals surface area contributed by atoms with Crippen molar-refractivity contribution in [2.24, 2.45) is 15.9 Å². The van der Waals surface area contributed by atoms with Crippen LogP contribution < -0.4 is 11.5 Å². The minimum absolute atomic E-state index is 0.0389. The van der Waals surface area contributed by atoms with Crippen molar-refractivity contribution in [2.75, 3.05) is 5.73 Å². The van der Waals surface area contributed by atoms with Crippen molar-refractivity contribution in [1.29, 1.82) is 0 Å². The van der Waals surface area contributed by atoms with E-state index in [1.165, 1.54) is 0 Å². The predicted octanol–water partition coefficient (Wildman–Crippen LogP) is 1.15. The van der Waals surface area contributed by atoms with Crippen molar-refractivity contribution in [3.8, 4) is 0 Å². The molecule has 0 unspecified atom stereocenters. The lowest BCUT2D eigenvalue weighted by Gasteiger charge is -1.95. The van der Waals surface area contributed by atoms with Gasteiger partial charge < -0.3 is 11.5 Å². The Morgan fingerprint density at radius 1 is 1.33 bits per heavy atom. The lowest BCUT2D eigenvalue weighted by molar-refractivity contribution is 0.308. The van der Waals surface area contributed by atoms with Crippen molar-refractivity contribution >= 4 is 33.8 Å². The zero-order chi connectivity index (χ0) is 13.0. The quantitative estimate of drug-likeness (QED) is 0.501. The van der Waals surface area contributed by atoms with Gasteiger partial charge in [-0.2, -0.15) is 5.10 Å². The van der Waals surface area contributed by atoms with Crippen LogP contribution in [-0.2, 0) is 0 Å². The van der Waals surface area contributed by atoms with Gasteiger partial charge in [0.05, 0.1) is 6.21 Å². The first-order valence-corrected chi connectivity index (χ1v) is 5.67. The Kier molecular flexibility index (Phi) is 3.68. The van der Waals surface area contributed by atoms with Crippen LogP contribution in [0.15, 0.2) is 43.6 Å². The third kappa shape index (κ3) is 2.72. The zero-order valence-electron chi connectivity index (χ0n) is 9.12. The summed E-state index contributed by atoms with van der Waals surface area (Å²) in [5, 5.41) is 14.5. The summed E-state index contributed by atoms with van der Waals surface area (Å²) in [5.74, 6) is 0.115. The van der Waals surface area contributed by atoms with E-state index in [1.54, 1.807) is 6.21 Å². The normalized spacial score (nSPS) is 12.2. The molecule has 92 valence electrons. The van der Waals surface area contributed by atoms with Gasteiger partial charge in [0.25, 0.3) is 0 Å². The van der Waals surface area contributed by atoms with Crippen molar-refractivity contribution in [3.05, 3.63) is 40.0 Å². The molecule has 0 bridgehead atoms. The largest absolute Gasteiger partial charge is 0.380 e. The molecule has 0 atom stereocenters. The SMILES string of the molecule is N/C(=N\N=Cc1ccccc1Br)c1nonc1N. The molecule has 0 fully saturated rings. The zero-order valence-corrected chi connectivity index (χ0v) is 10.7. The predicted molar refractivity (Wildman–Crippen MR) is 71.2 cm³/mol. The Bertz CT molecular complexity index is 606. The average molecular weight is 309 g/mol. The van der Waals surface area contributed by atoms with Gasteiger partial charge in [0.15, 0.2) is 17.3 Å². The van der Waals surface area contributed by atoms with Crippen LogP contribution in [-0.4, -0.2) is 22.4 Å². The van der Waals surface area contributed by atoms with Gasteiger partial charge in [-0.15, -0.1) is 5.10 Å². The van der Waals surface area contributed by atoms with E-state index in [1.807, 2.05) is 24.3 Å². The van der Waals surface area contributed by atoms with Gasteiger partial charge in [-0.25, -0.2) is 4.63 Å². The van der Waals surface area contributed by atoms with Crippen LogP contribution in [0.4, 0.5) is 5.82 Å². The summed E-state index contributed by atoms with van der Waals surface area (Å²) in [5.41, 5.74) is 12.1. The number of amidine groups is 1. The molecule has 0 aliphatic rings. The van der Waals surface area contributed by atoms with Crippen molar-refractivity contribution < 1.29 is 4.63 Å². The van der Waals surface area contributed by atoms with Crippen LogP contribution in [0.5, 0.6) is 0 Å². The standard InChI is InChI=1S/C10H9BrN6O/c11-7-4-2-1-3-6(7)5-14-15-9(12)8-10(13)17-18-16-8/h1-5H,(H2,12,15)(H2,13,17). The van der Waals surface area contributed by atoms with Gasteiger partial charge in [-0.1, -0.05) is 34.1 Å². The number of benzene rings is 1. The topological polar surface area (TPSA) is 116 Å². The summed E-state index contributed by atoms with van der Waals surface area (Å²) in [4.78, 5) is 0. The molecule has 0 saturated heterocycles. The lowest BCUT2D eigenvalue weighted by Crippen LogP contribution is -2.15. The summed E-state index contributed by atoms with van der Waals surface area (Å²) >= 11 is 3.39. The summed E-state index contributed by atoms with van der Waals surface area (Å²) in [6.07, 6.45) is 1.56. The van der Waals surface area contributed by atoms with E-state index in [-0.39, 0.29) is 17.3 Å². The number of nitrogens with two attached hydrogens (primary N) is 2. The van der Waals surface area contributed by atoms with Crippen LogP contribution in [0.25, 0.3) is 0 Å². The highest BCUT2D eigenvalue weighted by molar-refractivity contribution is 9.10. The van der Waals surface area contributed by atoms with Gasteiger partial charge in [0, 0.05) is 10.0 Å². The number of hydrogen-bond acceptors (Lipinski definition) is 6. The van der Waals surface area contributed by atoms with Gasteiger partial charge >= 0.3 is 0 Å². The van der Waals surface area contributed by atoms with E-state index in [0.717, 1.165) is 10.0 Å². The van der Waals surface area contributed by atoms with Crippen LogP contribution in [0.3, 0.4) is 0 Å². The summed E-state index contributed by atoms with van der Waals surface area (Å²) in [6.45, 7) is 0. The minimum Gasteiger partial charge on any atom is -0.380 e. The molecule has 2 aromatic rings. The van der Waals surface area contributed by atoms with Gasteiger partial charge in [0.1, 0.15) is 0 Å². The maximum atomic E-state index is 5.62. The Morgan fingerprint density at radius 2 is 2.11 bits per heavy atom. The maximum absolute atomic E-state index is 5.62. The molecule has 4 N–H and O–H groups in total. The monoisotopic (exact) mass is 308 g/mol. The minimum atomic E-state index is 0.0389. The molecule has 8 heteroatoms. The molecule has 1 aromatic heterocycles. The molecule has 2 rings (SSSR count). The number of nitrogen functional groups attached to an aromatic ring is 1. The van der Waals surface area contributed by atoms with Gasteiger partial charge in [-0.3, -0.25) is 0 Å². The second-order valence-electron chi connectivity index (χ2n) is 3.25. The van der Waals surface area contributed by atoms with E-state index in [9.17, 15) is 0 Å². The molecule has 0 aliphatic heterocycles. The second-order valence-corrected chi connectivity index (χ2v) is 4.10. The number of aromatic nitrogens is 2. The van der Waals surface area contributed by atoms with E-state index >= 15 is 0 Å². The first-order valence-electron chi connectivity index (χ1n) is 4.88. The number of anilines is 1. The highest BCUT2D eigenvalue weighted by Gasteiger charge is 2.09. The Hall–Kier alpha value is -2.22.